The second-order valence-electron chi connectivity index (χ2n) is 5.82. The van der Waals surface area contributed by atoms with Crippen LogP contribution in [0.15, 0.2) is 60.7 Å². The molecule has 7 nitrogen and oxygen atoms in total. The second-order valence-corrected chi connectivity index (χ2v) is 7.22. The fraction of sp³-hybridized carbons (Fsp3) is 0.200. The molecule has 0 bridgehead atoms. The van der Waals surface area contributed by atoms with Crippen LogP contribution in [0.5, 0.6) is 0 Å². The van der Waals surface area contributed by atoms with E-state index >= 15 is 0 Å². The lowest BCUT2D eigenvalue weighted by molar-refractivity contribution is -0.121. The van der Waals surface area contributed by atoms with E-state index in [2.05, 4.69) is 20.9 Å². The Morgan fingerprint density at radius 1 is 1.00 bits per heavy atom. The molecule has 0 fully saturated rings. The number of rotatable bonds is 7. The predicted octanol–water partition coefficient (Wildman–Crippen LogP) is 2.84. The van der Waals surface area contributed by atoms with E-state index in [1.54, 1.807) is 16.4 Å². The highest BCUT2D eigenvalue weighted by Gasteiger charge is 2.19. The van der Waals surface area contributed by atoms with E-state index in [9.17, 15) is 9.59 Å². The third-order valence-electron chi connectivity index (χ3n) is 3.84. The molecule has 0 atom stereocenters. The minimum Gasteiger partial charge on any atom is -0.273 e. The normalized spacial score (nSPS) is 10.5. The van der Waals surface area contributed by atoms with Gasteiger partial charge in [-0.2, -0.15) is 11.8 Å². The summed E-state index contributed by atoms with van der Waals surface area (Å²) in [6, 6.07) is 19.0. The number of hydrogen-bond donors (Lipinski definition) is 2. The van der Waals surface area contributed by atoms with E-state index in [0.717, 1.165) is 17.0 Å². The molecule has 0 saturated carbocycles. The van der Waals surface area contributed by atoms with Crippen LogP contribution in [0.1, 0.15) is 24.0 Å². The number of para-hydroxylation sites is 1. The summed E-state index contributed by atoms with van der Waals surface area (Å²) in [6.07, 6.45) is 0.333. The maximum Gasteiger partial charge on any atom is 0.309 e. The van der Waals surface area contributed by atoms with Gasteiger partial charge in [-0.1, -0.05) is 55.5 Å². The average Bonchev–Trinajstić information content (AvgIpc) is 3.19. The van der Waals surface area contributed by atoms with E-state index in [0.29, 0.717) is 18.0 Å². The molecule has 0 unspecified atom stereocenters. The number of benzene rings is 2. The Kier molecular flexibility index (Phi) is 6.80. The molecular weight excluding hydrogens is 374 g/mol. The van der Waals surface area contributed by atoms with Crippen molar-refractivity contribution in [1.29, 1.82) is 0 Å². The molecule has 8 heteroatoms. The van der Waals surface area contributed by atoms with E-state index < -0.39 is 5.91 Å². The van der Waals surface area contributed by atoms with Crippen LogP contribution in [-0.4, -0.2) is 38.1 Å². The van der Waals surface area contributed by atoms with Gasteiger partial charge in [-0.25, -0.2) is 9.67 Å². The van der Waals surface area contributed by atoms with E-state index in [1.807, 2.05) is 67.6 Å². The van der Waals surface area contributed by atoms with E-state index in [4.69, 9.17) is 0 Å². The van der Waals surface area contributed by atoms with Crippen LogP contribution >= 0.6 is 11.8 Å². The number of nitrogens with zero attached hydrogens (tertiary/aromatic N) is 3. The lowest BCUT2D eigenvalue weighted by Gasteiger charge is -2.05. The number of amides is 2. The highest BCUT2D eigenvalue weighted by molar-refractivity contribution is 7.99. The van der Waals surface area contributed by atoms with Crippen LogP contribution in [0, 0.1) is 0 Å². The number of thioether (sulfide) groups is 1. The maximum absolute atomic E-state index is 12.4. The van der Waals surface area contributed by atoms with Gasteiger partial charge in [0.25, 0.3) is 0 Å². The molecule has 0 radical (unpaired) electrons. The van der Waals surface area contributed by atoms with Crippen molar-refractivity contribution >= 4 is 23.6 Å². The van der Waals surface area contributed by atoms with Crippen molar-refractivity contribution in [3.63, 3.8) is 0 Å². The Bertz CT molecular complexity index is 871. The zero-order chi connectivity index (χ0) is 19.8. The number of hydrogen-bond acceptors (Lipinski definition) is 5. The third-order valence-corrected chi connectivity index (χ3v) is 4.74. The van der Waals surface area contributed by atoms with Crippen LogP contribution in [0.2, 0.25) is 0 Å². The lowest BCUT2D eigenvalue weighted by Crippen LogP contribution is -2.42. The largest absolute Gasteiger partial charge is 0.309 e. The molecule has 28 heavy (non-hydrogen) atoms. The molecule has 0 saturated heterocycles. The average molecular weight is 395 g/mol. The SMILES string of the molecule is CCSCCC(=O)NNC(=O)c1nc(-c2ccccc2)n(-c2ccccc2)n1. The molecule has 2 N–H and O–H groups in total. The smallest absolute Gasteiger partial charge is 0.273 e. The molecule has 2 amide bonds. The van der Waals surface area contributed by atoms with Gasteiger partial charge in [0.1, 0.15) is 0 Å². The molecule has 0 aliphatic rings. The summed E-state index contributed by atoms with van der Waals surface area (Å²) in [7, 11) is 0. The molecular formula is C20H21N5O2S. The fourth-order valence-corrected chi connectivity index (χ4v) is 3.10. The monoisotopic (exact) mass is 395 g/mol. The van der Waals surface area contributed by atoms with Gasteiger partial charge in [0.15, 0.2) is 5.82 Å². The van der Waals surface area contributed by atoms with Crippen LogP contribution in [-0.2, 0) is 4.79 Å². The first-order valence-electron chi connectivity index (χ1n) is 8.94. The molecule has 3 rings (SSSR count). The summed E-state index contributed by atoms with van der Waals surface area (Å²) in [6.45, 7) is 2.03. The third kappa shape index (κ3) is 4.98. The summed E-state index contributed by atoms with van der Waals surface area (Å²) < 4.78 is 1.62. The van der Waals surface area contributed by atoms with Crippen molar-refractivity contribution < 1.29 is 9.59 Å². The second kappa shape index (κ2) is 9.70. The summed E-state index contributed by atoms with van der Waals surface area (Å²) >= 11 is 1.67. The highest BCUT2D eigenvalue weighted by atomic mass is 32.2. The van der Waals surface area contributed by atoms with Crippen molar-refractivity contribution in [3.8, 4) is 17.1 Å². The number of aromatic nitrogens is 3. The van der Waals surface area contributed by atoms with Gasteiger partial charge in [-0.15, -0.1) is 5.10 Å². The van der Waals surface area contributed by atoms with Crippen LogP contribution < -0.4 is 10.9 Å². The first-order valence-corrected chi connectivity index (χ1v) is 10.1. The molecule has 144 valence electrons. The molecule has 0 aliphatic carbocycles. The molecule has 1 heterocycles. The van der Waals surface area contributed by atoms with E-state index in [1.165, 1.54) is 0 Å². The number of carbonyl (C=O) groups is 2. The van der Waals surface area contributed by atoms with Crippen molar-refractivity contribution in [3.05, 3.63) is 66.5 Å². The van der Waals surface area contributed by atoms with Crippen LogP contribution in [0.3, 0.4) is 0 Å². The van der Waals surface area contributed by atoms with Gasteiger partial charge >= 0.3 is 5.91 Å². The molecule has 1 aromatic heterocycles. The standard InChI is InChI=1S/C20H21N5O2S/c1-2-28-14-13-17(26)22-23-20(27)18-21-19(15-9-5-3-6-10-15)25(24-18)16-11-7-4-8-12-16/h3-12H,2,13-14H2,1H3,(H,22,26)(H,23,27). The maximum atomic E-state index is 12.4. The van der Waals surface area contributed by atoms with Gasteiger partial charge in [-0.3, -0.25) is 20.4 Å². The zero-order valence-electron chi connectivity index (χ0n) is 15.5. The zero-order valence-corrected chi connectivity index (χ0v) is 16.3. The summed E-state index contributed by atoms with van der Waals surface area (Å²) in [4.78, 5) is 28.6. The molecule has 0 spiro atoms. The van der Waals surface area contributed by atoms with Crippen LogP contribution in [0.25, 0.3) is 17.1 Å². The summed E-state index contributed by atoms with van der Waals surface area (Å²) in [5, 5.41) is 4.35. The number of nitrogens with one attached hydrogen (secondary N) is 2. The number of hydrazine groups is 1. The highest BCUT2D eigenvalue weighted by Crippen LogP contribution is 2.20. The van der Waals surface area contributed by atoms with E-state index in [-0.39, 0.29) is 11.7 Å². The first-order chi connectivity index (χ1) is 13.7. The van der Waals surface area contributed by atoms with Gasteiger partial charge in [0, 0.05) is 17.7 Å². The Morgan fingerprint density at radius 3 is 2.36 bits per heavy atom. The van der Waals surface area contributed by atoms with Crippen molar-refractivity contribution in [2.24, 2.45) is 0 Å². The summed E-state index contributed by atoms with van der Waals surface area (Å²) in [5.74, 6) is 1.36. The van der Waals surface area contributed by atoms with Crippen molar-refractivity contribution in [2.75, 3.05) is 11.5 Å². The Morgan fingerprint density at radius 2 is 1.68 bits per heavy atom. The molecule has 3 aromatic rings. The predicted molar refractivity (Wildman–Crippen MR) is 110 cm³/mol. The Labute approximate surface area is 167 Å². The molecule has 2 aromatic carbocycles. The van der Waals surface area contributed by atoms with Gasteiger partial charge in [0.2, 0.25) is 11.7 Å². The Balaban J connectivity index is 1.79. The first kappa shape index (κ1) is 19.6. The van der Waals surface area contributed by atoms with Crippen LogP contribution in [0.4, 0.5) is 0 Å². The molecule has 0 aliphatic heterocycles. The Hall–Kier alpha value is -3.13. The number of carbonyl (C=O) groups excluding carboxylic acids is 2. The van der Waals surface area contributed by atoms with Crippen molar-refractivity contribution in [1.82, 2.24) is 25.6 Å². The van der Waals surface area contributed by atoms with Gasteiger partial charge < -0.3 is 0 Å². The minimum atomic E-state index is -0.566. The minimum absolute atomic E-state index is 0.0223. The van der Waals surface area contributed by atoms with Gasteiger partial charge in [-0.05, 0) is 17.9 Å². The summed E-state index contributed by atoms with van der Waals surface area (Å²) in [5.41, 5.74) is 6.41. The topological polar surface area (TPSA) is 88.9 Å². The quantitative estimate of drug-likeness (QED) is 0.474. The lowest BCUT2D eigenvalue weighted by atomic mass is 10.2. The fourth-order valence-electron chi connectivity index (χ4n) is 2.49. The van der Waals surface area contributed by atoms with Gasteiger partial charge in [0.05, 0.1) is 5.69 Å². The van der Waals surface area contributed by atoms with Crippen molar-refractivity contribution in [2.45, 2.75) is 13.3 Å².